The summed E-state index contributed by atoms with van der Waals surface area (Å²) >= 11 is 17.2. The number of rotatable bonds is 6. The largest absolute Gasteiger partial charge is 0.386 e. The Bertz CT molecular complexity index is 725. The second-order valence-electron chi connectivity index (χ2n) is 5.38. The average molecular weight is 414 g/mol. The number of amides is 1. The van der Waals surface area contributed by atoms with Crippen molar-refractivity contribution in [2.24, 2.45) is 11.5 Å². The number of nitrogens with one attached hydrogen (secondary N) is 1. The normalized spacial score (nSPS) is 11.3. The highest BCUT2D eigenvalue weighted by molar-refractivity contribution is 7.80. The van der Waals surface area contributed by atoms with Gasteiger partial charge in [0.2, 0.25) is 5.91 Å². The van der Waals surface area contributed by atoms with Crippen LogP contribution in [-0.2, 0) is 4.79 Å². The minimum absolute atomic E-state index is 0.192. The topological polar surface area (TPSA) is 81.1 Å². The highest BCUT2D eigenvalue weighted by atomic mass is 35.5. The van der Waals surface area contributed by atoms with E-state index in [1.165, 1.54) is 25.0 Å². The molecule has 0 unspecified atom stereocenters. The van der Waals surface area contributed by atoms with E-state index in [0.29, 0.717) is 20.6 Å². The monoisotopic (exact) mass is 413 g/mol. The SMILES string of the molecule is C=C(N)NC(=S)C(/C=C/C(N)=O)=C(\C)c1ccc(Cl)c(Cl)c1.CCCC. The Balaban J connectivity index is 0.00000141. The van der Waals surface area contributed by atoms with Gasteiger partial charge in [0.05, 0.1) is 15.9 Å². The zero-order valence-electron chi connectivity index (χ0n) is 15.2. The van der Waals surface area contributed by atoms with Crippen molar-refractivity contribution >= 4 is 51.9 Å². The lowest BCUT2D eigenvalue weighted by Crippen LogP contribution is -2.26. The van der Waals surface area contributed by atoms with Gasteiger partial charge in [-0.2, -0.15) is 0 Å². The lowest BCUT2D eigenvalue weighted by molar-refractivity contribution is -0.113. The number of carbonyl (C=O) groups is 1. The molecule has 0 aliphatic rings. The number of hydrogen-bond donors (Lipinski definition) is 3. The van der Waals surface area contributed by atoms with E-state index in [2.05, 4.69) is 25.7 Å². The van der Waals surface area contributed by atoms with E-state index >= 15 is 0 Å². The van der Waals surface area contributed by atoms with E-state index in [9.17, 15) is 4.79 Å². The summed E-state index contributed by atoms with van der Waals surface area (Å²) in [5.74, 6) is -0.397. The molecule has 0 aromatic heterocycles. The first kappa shape index (κ1) is 24.2. The van der Waals surface area contributed by atoms with E-state index < -0.39 is 5.91 Å². The van der Waals surface area contributed by atoms with Gasteiger partial charge in [-0.25, -0.2) is 0 Å². The van der Waals surface area contributed by atoms with Gasteiger partial charge < -0.3 is 16.8 Å². The first-order chi connectivity index (χ1) is 12.1. The summed E-state index contributed by atoms with van der Waals surface area (Å²) in [5, 5.41) is 3.60. The molecule has 5 N–H and O–H groups in total. The van der Waals surface area contributed by atoms with Crippen LogP contribution in [0.2, 0.25) is 10.0 Å². The van der Waals surface area contributed by atoms with Crippen molar-refractivity contribution in [3.05, 3.63) is 63.9 Å². The predicted molar refractivity (Wildman–Crippen MR) is 117 cm³/mol. The van der Waals surface area contributed by atoms with Crippen molar-refractivity contribution < 1.29 is 4.79 Å². The summed E-state index contributed by atoms with van der Waals surface area (Å²) in [7, 11) is 0. The molecule has 0 radical (unpaired) electrons. The van der Waals surface area contributed by atoms with Gasteiger partial charge in [0, 0.05) is 11.6 Å². The fourth-order valence-electron chi connectivity index (χ4n) is 1.63. The minimum Gasteiger partial charge on any atom is -0.386 e. The van der Waals surface area contributed by atoms with Gasteiger partial charge in [-0.1, -0.05) is 74.8 Å². The van der Waals surface area contributed by atoms with Crippen LogP contribution in [0.1, 0.15) is 39.2 Å². The van der Waals surface area contributed by atoms with Crippen LogP contribution >= 0.6 is 35.4 Å². The molecule has 0 bridgehead atoms. The average Bonchev–Trinajstić information content (AvgIpc) is 2.56. The first-order valence-corrected chi connectivity index (χ1v) is 9.19. The third kappa shape index (κ3) is 9.04. The maximum Gasteiger partial charge on any atom is 0.241 e. The summed E-state index contributed by atoms with van der Waals surface area (Å²) in [4.78, 5) is 11.3. The molecule has 0 saturated heterocycles. The Kier molecular flexibility index (Phi) is 11.6. The number of nitrogens with two attached hydrogens (primary N) is 2. The van der Waals surface area contributed by atoms with Crippen molar-refractivity contribution in [1.29, 1.82) is 0 Å². The molecule has 0 spiro atoms. The fourth-order valence-corrected chi connectivity index (χ4v) is 2.28. The molecule has 0 atom stereocenters. The standard InChI is InChI=1S/C15H15Cl2N3OS.C4H10/c1-8(10-3-5-12(16)13(17)7-10)11(4-6-14(19)21)15(22)20-9(2)18;1-3-4-2/h3-7H,2,18H2,1H3,(H2,19,21)(H,20,22);3-4H2,1-2H3/b6-4+,11-8+;. The summed E-state index contributed by atoms with van der Waals surface area (Å²) in [6.07, 6.45) is 5.36. The zero-order chi connectivity index (χ0) is 20.3. The number of carbonyl (C=O) groups excluding carboxylic acids is 1. The molecule has 26 heavy (non-hydrogen) atoms. The zero-order valence-corrected chi connectivity index (χ0v) is 17.6. The Morgan fingerprint density at radius 3 is 2.19 bits per heavy atom. The smallest absolute Gasteiger partial charge is 0.241 e. The number of thiocarbonyl (C=S) groups is 1. The number of hydrogen-bond acceptors (Lipinski definition) is 3. The number of benzene rings is 1. The van der Waals surface area contributed by atoms with Crippen LogP contribution in [0.4, 0.5) is 0 Å². The van der Waals surface area contributed by atoms with Crippen molar-refractivity contribution in [1.82, 2.24) is 5.32 Å². The van der Waals surface area contributed by atoms with Crippen molar-refractivity contribution in [2.75, 3.05) is 0 Å². The van der Waals surface area contributed by atoms with Gasteiger partial charge in [-0.15, -0.1) is 0 Å². The van der Waals surface area contributed by atoms with Gasteiger partial charge in [0.15, 0.2) is 0 Å². The third-order valence-electron chi connectivity index (χ3n) is 3.19. The lowest BCUT2D eigenvalue weighted by Gasteiger charge is -2.13. The lowest BCUT2D eigenvalue weighted by atomic mass is 10.0. The molecular weight excluding hydrogens is 389 g/mol. The van der Waals surface area contributed by atoms with E-state index in [1.807, 2.05) is 6.92 Å². The number of primary amides is 1. The van der Waals surface area contributed by atoms with Crippen LogP contribution in [0, 0.1) is 0 Å². The Morgan fingerprint density at radius 2 is 1.77 bits per heavy atom. The van der Waals surface area contributed by atoms with Gasteiger partial charge in [-0.05, 0) is 36.3 Å². The highest BCUT2D eigenvalue weighted by Gasteiger charge is 2.10. The van der Waals surface area contributed by atoms with Crippen molar-refractivity contribution in [2.45, 2.75) is 33.6 Å². The van der Waals surface area contributed by atoms with E-state index in [0.717, 1.165) is 11.1 Å². The van der Waals surface area contributed by atoms with Crippen LogP contribution in [0.25, 0.3) is 5.57 Å². The van der Waals surface area contributed by atoms with Crippen molar-refractivity contribution in [3.8, 4) is 0 Å². The van der Waals surface area contributed by atoms with Gasteiger partial charge in [0.1, 0.15) is 4.99 Å². The molecule has 0 heterocycles. The third-order valence-corrected chi connectivity index (χ3v) is 4.25. The Morgan fingerprint density at radius 1 is 1.19 bits per heavy atom. The molecule has 0 aliphatic heterocycles. The molecule has 1 aromatic carbocycles. The van der Waals surface area contributed by atoms with Gasteiger partial charge in [-0.3, -0.25) is 4.79 Å². The van der Waals surface area contributed by atoms with E-state index in [1.54, 1.807) is 18.2 Å². The first-order valence-electron chi connectivity index (χ1n) is 8.03. The predicted octanol–water partition coefficient (Wildman–Crippen LogP) is 4.96. The minimum atomic E-state index is -0.589. The molecule has 4 nitrogen and oxygen atoms in total. The Hall–Kier alpha value is -1.82. The van der Waals surface area contributed by atoms with E-state index in [4.69, 9.17) is 46.9 Å². The Labute approximate surface area is 170 Å². The summed E-state index contributed by atoms with van der Waals surface area (Å²) < 4.78 is 0. The quantitative estimate of drug-likeness (QED) is 0.349. The summed E-state index contributed by atoms with van der Waals surface area (Å²) in [5.41, 5.74) is 12.8. The van der Waals surface area contributed by atoms with Gasteiger partial charge in [0.25, 0.3) is 0 Å². The second kappa shape index (κ2) is 12.5. The molecule has 1 aromatic rings. The second-order valence-corrected chi connectivity index (χ2v) is 6.61. The van der Waals surface area contributed by atoms with E-state index in [-0.39, 0.29) is 5.82 Å². The number of halogens is 2. The maximum atomic E-state index is 11.0. The molecule has 1 rings (SSSR count). The highest BCUT2D eigenvalue weighted by Crippen LogP contribution is 2.28. The van der Waals surface area contributed by atoms with Crippen LogP contribution in [0.5, 0.6) is 0 Å². The maximum absolute atomic E-state index is 11.0. The number of allylic oxidation sites excluding steroid dienone is 1. The van der Waals surface area contributed by atoms with Crippen LogP contribution in [-0.4, -0.2) is 10.9 Å². The van der Waals surface area contributed by atoms with Crippen LogP contribution in [0.15, 0.2) is 48.3 Å². The number of unbranched alkanes of at least 4 members (excludes halogenated alkanes) is 1. The molecule has 0 aliphatic carbocycles. The van der Waals surface area contributed by atoms with Crippen LogP contribution < -0.4 is 16.8 Å². The van der Waals surface area contributed by atoms with Crippen LogP contribution in [0.3, 0.4) is 0 Å². The molecule has 0 saturated carbocycles. The molecule has 142 valence electrons. The van der Waals surface area contributed by atoms with Crippen molar-refractivity contribution in [3.63, 3.8) is 0 Å². The molecule has 1 amide bonds. The summed E-state index contributed by atoms with van der Waals surface area (Å²) in [6, 6.07) is 5.18. The van der Waals surface area contributed by atoms with Gasteiger partial charge >= 0.3 is 0 Å². The molecule has 7 heteroatoms. The molecule has 0 fully saturated rings. The summed E-state index contributed by atoms with van der Waals surface area (Å²) in [6.45, 7) is 9.72. The molecular formula is C19H25Cl2N3OS. The fraction of sp³-hybridized carbons (Fsp3) is 0.263.